The Labute approximate surface area is 84.1 Å². The normalized spacial score (nSPS) is 14.2. The van der Waals surface area contributed by atoms with E-state index < -0.39 is 30.1 Å². The van der Waals surface area contributed by atoms with Gasteiger partial charge in [-0.25, -0.2) is 4.79 Å². The number of aliphatic carboxylic acids is 3. The summed E-state index contributed by atoms with van der Waals surface area (Å²) in [5, 5.41) is 36.2. The molecule has 0 radical (unpaired) electrons. The summed E-state index contributed by atoms with van der Waals surface area (Å²) in [6.07, 6.45) is -2.48. The molecule has 2 unspecified atom stereocenters. The minimum atomic E-state index is -2.11. The predicted molar refractivity (Wildman–Crippen MR) is 45.3 cm³/mol. The maximum Gasteiger partial charge on any atom is 0.334 e. The Bertz CT molecular complexity index is 264. The van der Waals surface area contributed by atoms with Crippen LogP contribution in [0.25, 0.3) is 0 Å². The summed E-state index contributed by atoms with van der Waals surface area (Å²) in [6.45, 7) is -0.239. The highest BCUT2D eigenvalue weighted by molar-refractivity contribution is 5.84. The van der Waals surface area contributed by atoms with Crippen LogP contribution in [0, 0.1) is 0 Å². The smallest absolute Gasteiger partial charge is 0.334 e. The molecule has 0 aromatic heterocycles. The van der Waals surface area contributed by atoms with Crippen LogP contribution < -0.4 is 5.32 Å². The highest BCUT2D eigenvalue weighted by atomic mass is 16.4. The van der Waals surface area contributed by atoms with Crippen molar-refractivity contribution in [1.82, 2.24) is 5.32 Å². The molecule has 8 heteroatoms. The van der Waals surface area contributed by atoms with E-state index in [4.69, 9.17) is 20.4 Å². The van der Waals surface area contributed by atoms with Crippen molar-refractivity contribution in [2.24, 2.45) is 0 Å². The highest BCUT2D eigenvalue weighted by Gasteiger charge is 2.31. The standard InChI is InChI=1S/C7H11NO7/c9-3(10)1-2-8-4(6(12)13)5(11)7(14)15/h4-5,8,11H,1-2H2,(H,9,10)(H,12,13)(H,14,15). The molecule has 2 atom stereocenters. The van der Waals surface area contributed by atoms with Gasteiger partial charge in [0.2, 0.25) is 0 Å². The van der Waals surface area contributed by atoms with Gasteiger partial charge in [0, 0.05) is 6.54 Å². The van der Waals surface area contributed by atoms with Crippen molar-refractivity contribution >= 4 is 17.9 Å². The van der Waals surface area contributed by atoms with E-state index in [2.05, 4.69) is 5.32 Å². The molecule has 0 saturated carbocycles. The molecule has 0 rings (SSSR count). The van der Waals surface area contributed by atoms with Crippen LogP contribution in [0.15, 0.2) is 0 Å². The van der Waals surface area contributed by atoms with E-state index in [0.717, 1.165) is 0 Å². The van der Waals surface area contributed by atoms with Crippen LogP contribution in [-0.4, -0.2) is 57.0 Å². The van der Waals surface area contributed by atoms with E-state index in [9.17, 15) is 14.4 Å². The van der Waals surface area contributed by atoms with Gasteiger partial charge in [-0.2, -0.15) is 0 Å². The first-order valence-corrected chi connectivity index (χ1v) is 3.95. The number of aliphatic hydroxyl groups excluding tert-OH is 1. The van der Waals surface area contributed by atoms with Crippen LogP contribution in [-0.2, 0) is 14.4 Å². The van der Waals surface area contributed by atoms with Crippen molar-refractivity contribution in [3.8, 4) is 0 Å². The van der Waals surface area contributed by atoms with E-state index in [-0.39, 0.29) is 13.0 Å². The van der Waals surface area contributed by atoms with Gasteiger partial charge in [0.1, 0.15) is 6.04 Å². The van der Waals surface area contributed by atoms with Gasteiger partial charge < -0.3 is 25.7 Å². The van der Waals surface area contributed by atoms with E-state index in [1.807, 2.05) is 0 Å². The van der Waals surface area contributed by atoms with Crippen LogP contribution in [0.5, 0.6) is 0 Å². The molecule has 8 nitrogen and oxygen atoms in total. The predicted octanol–water partition coefficient (Wildman–Crippen LogP) is -2.05. The molecular formula is C7H11NO7. The van der Waals surface area contributed by atoms with Gasteiger partial charge in [0.15, 0.2) is 6.10 Å². The lowest BCUT2D eigenvalue weighted by Gasteiger charge is -2.16. The SMILES string of the molecule is O=C(O)CCNC(C(=O)O)C(O)C(=O)O. The molecule has 0 aromatic carbocycles. The zero-order valence-corrected chi connectivity index (χ0v) is 7.58. The average molecular weight is 221 g/mol. The minimum absolute atomic E-state index is 0.239. The van der Waals surface area contributed by atoms with Crippen molar-refractivity contribution < 1.29 is 34.8 Å². The third kappa shape index (κ3) is 4.93. The molecule has 0 aromatic rings. The number of carbonyl (C=O) groups is 3. The van der Waals surface area contributed by atoms with Crippen LogP contribution in [0.2, 0.25) is 0 Å². The van der Waals surface area contributed by atoms with Crippen molar-refractivity contribution in [2.45, 2.75) is 18.6 Å². The third-order valence-corrected chi connectivity index (χ3v) is 1.54. The van der Waals surface area contributed by atoms with Crippen LogP contribution in [0.3, 0.4) is 0 Å². The first kappa shape index (κ1) is 13.3. The molecule has 0 aliphatic heterocycles. The van der Waals surface area contributed by atoms with Gasteiger partial charge in [-0.3, -0.25) is 9.59 Å². The Balaban J connectivity index is 4.23. The summed E-state index contributed by atoms with van der Waals surface area (Å²) in [6, 6.07) is -1.72. The molecule has 0 heterocycles. The van der Waals surface area contributed by atoms with Gasteiger partial charge in [0.25, 0.3) is 0 Å². The second-order valence-corrected chi connectivity index (χ2v) is 2.70. The molecule has 0 aliphatic rings. The summed E-state index contributed by atoms with van der Waals surface area (Å²) >= 11 is 0. The molecule has 0 aliphatic carbocycles. The Morgan fingerprint density at radius 2 is 1.60 bits per heavy atom. The molecule has 0 amide bonds. The number of carboxylic acids is 3. The Morgan fingerprint density at radius 3 is 1.93 bits per heavy atom. The molecule has 0 saturated heterocycles. The van der Waals surface area contributed by atoms with Crippen LogP contribution in [0.1, 0.15) is 6.42 Å². The summed E-state index contributed by atoms with van der Waals surface area (Å²) in [7, 11) is 0. The lowest BCUT2D eigenvalue weighted by atomic mass is 10.1. The van der Waals surface area contributed by atoms with E-state index >= 15 is 0 Å². The van der Waals surface area contributed by atoms with Gasteiger partial charge in [0.05, 0.1) is 6.42 Å². The lowest BCUT2D eigenvalue weighted by Crippen LogP contribution is -2.50. The second-order valence-electron chi connectivity index (χ2n) is 2.70. The van der Waals surface area contributed by atoms with Crippen molar-refractivity contribution in [3.63, 3.8) is 0 Å². The summed E-state index contributed by atoms with van der Waals surface area (Å²) in [5.41, 5.74) is 0. The summed E-state index contributed by atoms with van der Waals surface area (Å²) in [5.74, 6) is -4.41. The van der Waals surface area contributed by atoms with E-state index in [0.29, 0.717) is 0 Å². The topological polar surface area (TPSA) is 144 Å². The van der Waals surface area contributed by atoms with Gasteiger partial charge in [-0.05, 0) is 0 Å². The number of aliphatic hydroxyl groups is 1. The molecule has 15 heavy (non-hydrogen) atoms. The monoisotopic (exact) mass is 221 g/mol. The fourth-order valence-electron chi connectivity index (χ4n) is 0.811. The average Bonchev–Trinajstić information content (AvgIpc) is 2.10. The van der Waals surface area contributed by atoms with Gasteiger partial charge in [-0.15, -0.1) is 0 Å². The fraction of sp³-hybridized carbons (Fsp3) is 0.571. The first-order chi connectivity index (χ1) is 6.86. The zero-order valence-electron chi connectivity index (χ0n) is 7.58. The third-order valence-electron chi connectivity index (χ3n) is 1.54. The molecule has 5 N–H and O–H groups in total. The second kappa shape index (κ2) is 5.94. The van der Waals surface area contributed by atoms with Gasteiger partial charge >= 0.3 is 17.9 Å². The fourth-order valence-corrected chi connectivity index (χ4v) is 0.811. The summed E-state index contributed by atoms with van der Waals surface area (Å²) in [4.78, 5) is 30.8. The van der Waals surface area contributed by atoms with Gasteiger partial charge in [-0.1, -0.05) is 0 Å². The summed E-state index contributed by atoms with van der Waals surface area (Å²) < 4.78 is 0. The first-order valence-electron chi connectivity index (χ1n) is 3.95. The number of hydrogen-bond donors (Lipinski definition) is 5. The maximum absolute atomic E-state index is 10.5. The maximum atomic E-state index is 10.5. The zero-order chi connectivity index (χ0) is 12.0. The van der Waals surface area contributed by atoms with Crippen LogP contribution >= 0.6 is 0 Å². The van der Waals surface area contributed by atoms with E-state index in [1.54, 1.807) is 0 Å². The van der Waals surface area contributed by atoms with Crippen molar-refractivity contribution in [1.29, 1.82) is 0 Å². The number of carboxylic acid groups (broad SMARTS) is 3. The quantitative estimate of drug-likeness (QED) is 0.330. The number of nitrogens with one attached hydrogen (secondary N) is 1. The molecule has 0 bridgehead atoms. The Hall–Kier alpha value is -1.67. The number of hydrogen-bond acceptors (Lipinski definition) is 5. The van der Waals surface area contributed by atoms with Crippen molar-refractivity contribution in [2.75, 3.05) is 6.54 Å². The molecule has 0 spiro atoms. The molecule has 0 fully saturated rings. The number of rotatable bonds is 7. The lowest BCUT2D eigenvalue weighted by molar-refractivity contribution is -0.156. The molecule has 86 valence electrons. The minimum Gasteiger partial charge on any atom is -0.481 e. The van der Waals surface area contributed by atoms with E-state index in [1.165, 1.54) is 0 Å². The highest BCUT2D eigenvalue weighted by Crippen LogP contribution is 1.95. The Morgan fingerprint density at radius 1 is 1.07 bits per heavy atom. The van der Waals surface area contributed by atoms with Crippen molar-refractivity contribution in [3.05, 3.63) is 0 Å². The largest absolute Gasteiger partial charge is 0.481 e. The van der Waals surface area contributed by atoms with Crippen LogP contribution in [0.4, 0.5) is 0 Å². The Kier molecular flexibility index (Phi) is 5.27. The molecular weight excluding hydrogens is 210 g/mol.